The fourth-order valence-electron chi connectivity index (χ4n) is 2.86. The van der Waals surface area contributed by atoms with E-state index in [9.17, 15) is 18.3 Å². The number of hydrogen-bond donors (Lipinski definition) is 2. The summed E-state index contributed by atoms with van der Waals surface area (Å²) in [6.45, 7) is 2.35. The molecule has 1 aliphatic rings. The second kappa shape index (κ2) is 7.61. The summed E-state index contributed by atoms with van der Waals surface area (Å²) >= 11 is 0.705. The number of thiophene rings is 1. The van der Waals surface area contributed by atoms with E-state index in [1.165, 1.54) is 5.38 Å². The fraction of sp³-hybridized carbons (Fsp3) is 0.471. The molecule has 0 radical (unpaired) electrons. The first-order valence-electron chi connectivity index (χ1n) is 8.16. The van der Waals surface area contributed by atoms with E-state index in [4.69, 9.17) is 0 Å². The Morgan fingerprint density at radius 2 is 2.04 bits per heavy atom. The van der Waals surface area contributed by atoms with Crippen LogP contribution in [0, 0.1) is 5.92 Å². The highest BCUT2D eigenvalue weighted by Gasteiger charge is 2.32. The maximum Gasteiger partial charge on any atom is 0.425 e. The highest BCUT2D eigenvalue weighted by Crippen LogP contribution is 2.34. The molecule has 0 spiro atoms. The molecule has 2 aromatic rings. The Hall–Kier alpha value is -1.80. The number of anilines is 2. The van der Waals surface area contributed by atoms with Crippen molar-refractivity contribution in [3.05, 3.63) is 40.2 Å². The topological polar surface area (TPSA) is 48.4 Å². The minimum Gasteiger partial charge on any atom is -0.396 e. The molecule has 3 heterocycles. The third-order valence-corrected chi connectivity index (χ3v) is 5.42. The summed E-state index contributed by atoms with van der Waals surface area (Å²) < 4.78 is 37.8. The number of halogens is 3. The fourth-order valence-corrected chi connectivity index (χ4v) is 3.64. The number of alkyl halides is 3. The molecular weight excluding hydrogens is 351 g/mol. The Kier molecular flexibility index (Phi) is 5.48. The van der Waals surface area contributed by atoms with Crippen LogP contribution in [0.3, 0.4) is 0 Å². The quantitative estimate of drug-likeness (QED) is 0.835. The largest absolute Gasteiger partial charge is 0.425 e. The Morgan fingerprint density at radius 3 is 2.60 bits per heavy atom. The van der Waals surface area contributed by atoms with Gasteiger partial charge in [0.1, 0.15) is 10.7 Å². The molecule has 1 aliphatic heterocycles. The van der Waals surface area contributed by atoms with E-state index in [2.05, 4.69) is 15.2 Å². The second-order valence-corrected chi connectivity index (χ2v) is 7.10. The first kappa shape index (κ1) is 18.0. The lowest BCUT2D eigenvalue weighted by atomic mass is 9.98. The van der Waals surface area contributed by atoms with Gasteiger partial charge < -0.3 is 15.3 Å². The van der Waals surface area contributed by atoms with E-state index < -0.39 is 11.1 Å². The number of nitrogens with zero attached hydrogens (tertiary/aromatic N) is 2. The molecule has 0 bridgehead atoms. The predicted molar refractivity (Wildman–Crippen MR) is 92.9 cm³/mol. The number of rotatable bonds is 5. The van der Waals surface area contributed by atoms with Gasteiger partial charge in [0.2, 0.25) is 0 Å². The van der Waals surface area contributed by atoms with Gasteiger partial charge in [0.15, 0.2) is 0 Å². The van der Waals surface area contributed by atoms with Gasteiger partial charge in [-0.1, -0.05) is 0 Å². The Morgan fingerprint density at radius 1 is 1.28 bits per heavy atom. The number of hydrogen-bond acceptors (Lipinski definition) is 5. The average molecular weight is 371 g/mol. The molecule has 1 saturated heterocycles. The lowest BCUT2D eigenvalue weighted by Gasteiger charge is -2.32. The summed E-state index contributed by atoms with van der Waals surface area (Å²) in [6.07, 6.45) is -0.574. The number of aliphatic hydroxyl groups is 1. The zero-order chi connectivity index (χ0) is 17.9. The van der Waals surface area contributed by atoms with E-state index in [0.717, 1.165) is 37.7 Å². The molecule has 0 saturated carbocycles. The Labute approximate surface area is 148 Å². The van der Waals surface area contributed by atoms with E-state index in [0.29, 0.717) is 35.2 Å². The molecule has 25 heavy (non-hydrogen) atoms. The van der Waals surface area contributed by atoms with Crippen molar-refractivity contribution in [1.82, 2.24) is 4.98 Å². The highest BCUT2D eigenvalue weighted by atomic mass is 32.1. The molecule has 2 aromatic heterocycles. The van der Waals surface area contributed by atoms with E-state index >= 15 is 0 Å². The predicted octanol–water partition coefficient (Wildman–Crippen LogP) is 3.98. The van der Waals surface area contributed by atoms with Crippen molar-refractivity contribution in [3.63, 3.8) is 0 Å². The third-order valence-electron chi connectivity index (χ3n) is 4.39. The minimum atomic E-state index is -4.29. The lowest BCUT2D eigenvalue weighted by Crippen LogP contribution is -2.34. The average Bonchev–Trinajstić information content (AvgIpc) is 3.10. The summed E-state index contributed by atoms with van der Waals surface area (Å²) in [5, 5.41) is 13.7. The molecule has 2 N–H and O–H groups in total. The van der Waals surface area contributed by atoms with Crippen LogP contribution in [0.2, 0.25) is 0 Å². The summed E-state index contributed by atoms with van der Waals surface area (Å²) in [6, 6.07) is 4.96. The van der Waals surface area contributed by atoms with Gasteiger partial charge in [-0.05, 0) is 47.9 Å². The van der Waals surface area contributed by atoms with Crippen molar-refractivity contribution < 1.29 is 18.3 Å². The lowest BCUT2D eigenvalue weighted by molar-refractivity contribution is -0.134. The Bertz CT molecular complexity index is 679. The van der Waals surface area contributed by atoms with Crippen molar-refractivity contribution >= 4 is 22.8 Å². The third kappa shape index (κ3) is 4.64. The van der Waals surface area contributed by atoms with Crippen LogP contribution in [-0.2, 0) is 12.7 Å². The van der Waals surface area contributed by atoms with Gasteiger partial charge in [-0.25, -0.2) is 4.98 Å². The van der Waals surface area contributed by atoms with E-state index in [1.807, 2.05) is 12.1 Å². The van der Waals surface area contributed by atoms with Crippen LogP contribution in [0.5, 0.6) is 0 Å². The van der Waals surface area contributed by atoms with Crippen molar-refractivity contribution in [3.8, 4) is 0 Å². The molecule has 0 unspecified atom stereocenters. The smallest absolute Gasteiger partial charge is 0.396 e. The van der Waals surface area contributed by atoms with Gasteiger partial charge >= 0.3 is 6.18 Å². The van der Waals surface area contributed by atoms with Gasteiger partial charge in [0.25, 0.3) is 0 Å². The normalized spacial score (nSPS) is 16.2. The van der Waals surface area contributed by atoms with Crippen LogP contribution in [0.15, 0.2) is 29.8 Å². The molecular formula is C17H20F3N3OS. The summed E-state index contributed by atoms with van der Waals surface area (Å²) in [4.78, 5) is 5.99. The zero-order valence-corrected chi connectivity index (χ0v) is 14.4. The standard InChI is InChI=1S/C17H20F3N3OS/c18-17(19,20)15-7-13(11-25-15)8-21-16-2-1-14(9-22-16)23-5-3-12(10-24)4-6-23/h1-2,7,9,11-12,24H,3-6,8,10H2,(H,21,22). The highest BCUT2D eigenvalue weighted by molar-refractivity contribution is 7.10. The van der Waals surface area contributed by atoms with Crippen LogP contribution in [0.1, 0.15) is 23.3 Å². The van der Waals surface area contributed by atoms with Crippen molar-refractivity contribution in [2.75, 3.05) is 29.9 Å². The summed E-state index contributed by atoms with van der Waals surface area (Å²) in [5.41, 5.74) is 1.62. The van der Waals surface area contributed by atoms with Crippen LogP contribution >= 0.6 is 11.3 Å². The van der Waals surface area contributed by atoms with Crippen molar-refractivity contribution in [2.24, 2.45) is 5.92 Å². The number of aromatic nitrogens is 1. The van der Waals surface area contributed by atoms with E-state index in [-0.39, 0.29) is 6.61 Å². The molecule has 0 atom stereocenters. The molecule has 0 amide bonds. The zero-order valence-electron chi connectivity index (χ0n) is 13.6. The molecule has 4 nitrogen and oxygen atoms in total. The number of nitrogens with one attached hydrogen (secondary N) is 1. The van der Waals surface area contributed by atoms with Gasteiger partial charge in [-0.2, -0.15) is 13.2 Å². The van der Waals surface area contributed by atoms with Gasteiger partial charge in [0, 0.05) is 26.2 Å². The molecule has 8 heteroatoms. The van der Waals surface area contributed by atoms with Crippen molar-refractivity contribution in [2.45, 2.75) is 25.6 Å². The van der Waals surface area contributed by atoms with Crippen LogP contribution < -0.4 is 10.2 Å². The maximum absolute atomic E-state index is 12.6. The monoisotopic (exact) mass is 371 g/mol. The molecule has 3 rings (SSSR count). The van der Waals surface area contributed by atoms with Gasteiger partial charge in [0.05, 0.1) is 11.9 Å². The summed E-state index contributed by atoms with van der Waals surface area (Å²) in [7, 11) is 0. The second-order valence-electron chi connectivity index (χ2n) is 6.19. The van der Waals surface area contributed by atoms with Crippen molar-refractivity contribution in [1.29, 1.82) is 0 Å². The van der Waals surface area contributed by atoms with Crippen LogP contribution in [-0.4, -0.2) is 29.8 Å². The molecule has 136 valence electrons. The number of aliphatic hydroxyl groups excluding tert-OH is 1. The first-order chi connectivity index (χ1) is 12.0. The molecule has 0 aromatic carbocycles. The van der Waals surface area contributed by atoms with E-state index in [1.54, 1.807) is 6.20 Å². The maximum atomic E-state index is 12.6. The first-order valence-corrected chi connectivity index (χ1v) is 9.04. The minimum absolute atomic E-state index is 0.244. The summed E-state index contributed by atoms with van der Waals surface area (Å²) in [5.74, 6) is 1.02. The Balaban J connectivity index is 1.53. The van der Waals surface area contributed by atoms with Crippen LogP contribution in [0.25, 0.3) is 0 Å². The van der Waals surface area contributed by atoms with Crippen LogP contribution in [0.4, 0.5) is 24.7 Å². The number of piperidine rings is 1. The van der Waals surface area contributed by atoms with Gasteiger partial charge in [-0.3, -0.25) is 0 Å². The number of pyridine rings is 1. The molecule has 1 fully saturated rings. The SMILES string of the molecule is OCC1CCN(c2ccc(NCc3csc(C(F)(F)F)c3)nc2)CC1. The van der Waals surface area contributed by atoms with Gasteiger partial charge in [-0.15, -0.1) is 11.3 Å². The molecule has 0 aliphatic carbocycles.